The Morgan fingerprint density at radius 1 is 0.600 bits per heavy atom. The van der Waals surface area contributed by atoms with Crippen molar-refractivity contribution >= 4 is 54.3 Å². The summed E-state index contributed by atoms with van der Waals surface area (Å²) < 4.78 is 39.5. The van der Waals surface area contributed by atoms with Crippen LogP contribution in [0.5, 0.6) is 0 Å². The van der Waals surface area contributed by atoms with Gasteiger partial charge in [0.2, 0.25) is 11.9 Å². The summed E-state index contributed by atoms with van der Waals surface area (Å²) >= 11 is 0. The molecule has 1 aromatic heterocycles. The van der Waals surface area contributed by atoms with Gasteiger partial charge in [-0.1, -0.05) is 25.7 Å². The second-order valence-electron chi connectivity index (χ2n) is 23.9. The highest BCUT2D eigenvalue weighted by Crippen LogP contribution is 2.21. The second-order valence-corrected chi connectivity index (χ2v) is 23.9. The lowest BCUT2D eigenvalue weighted by Crippen LogP contribution is -2.53. The molecule has 0 aliphatic carbocycles. The van der Waals surface area contributed by atoms with Crippen LogP contribution in [0.15, 0.2) is 33.3 Å². The van der Waals surface area contributed by atoms with Gasteiger partial charge >= 0.3 is 36.6 Å². The number of ether oxygens (including phenoxy) is 7. The number of carbonyl (C=O) groups is 6. The van der Waals surface area contributed by atoms with Crippen LogP contribution >= 0.6 is 0 Å². The molecule has 1 aliphatic rings. The van der Waals surface area contributed by atoms with Gasteiger partial charge < -0.3 is 38.5 Å². The first-order valence-corrected chi connectivity index (χ1v) is 25.9. The van der Waals surface area contributed by atoms with Crippen LogP contribution in [0.4, 0.5) is 28.8 Å². The Morgan fingerprint density at radius 3 is 1.60 bits per heavy atom. The number of nitrogens with zero attached hydrogens (tertiary/aromatic N) is 7. The number of guanidine groups is 2. The van der Waals surface area contributed by atoms with Crippen LogP contribution in [0.25, 0.3) is 0 Å². The maximum absolute atomic E-state index is 14.2. The molecule has 0 fully saturated rings. The van der Waals surface area contributed by atoms with E-state index in [1.165, 1.54) is 9.80 Å². The topological polar surface area (TPSA) is 251 Å². The highest BCUT2D eigenvalue weighted by Gasteiger charge is 2.36. The molecule has 22 heteroatoms. The molecule has 0 saturated carbocycles. The highest BCUT2D eigenvalue weighted by atomic mass is 16.6. The Morgan fingerprint density at radius 2 is 1.09 bits per heavy atom. The maximum Gasteiger partial charge on any atom is 0.437 e. The number of nitrogens with one attached hydrogen (secondary N) is 2. The third-order valence-electron chi connectivity index (χ3n) is 9.29. The quantitative estimate of drug-likeness (QED) is 0.0676. The summed E-state index contributed by atoms with van der Waals surface area (Å²) in [6, 6.07) is 3.60. The van der Waals surface area contributed by atoms with Gasteiger partial charge in [0.1, 0.15) is 39.4 Å². The van der Waals surface area contributed by atoms with Gasteiger partial charge in [-0.05, 0) is 162 Å². The molecule has 2 rings (SSSR count). The number of amides is 6. The van der Waals surface area contributed by atoms with Crippen LogP contribution in [-0.2, 0) is 39.8 Å². The number of amidine groups is 1. The summed E-state index contributed by atoms with van der Waals surface area (Å²) in [5, 5.41) is 5.47. The molecule has 0 atom stereocenters. The monoisotopic (exact) mass is 1060 g/mol. The molecule has 0 aromatic carbocycles. The molecule has 424 valence electrons. The van der Waals surface area contributed by atoms with Crippen molar-refractivity contribution in [3.63, 3.8) is 0 Å². The van der Waals surface area contributed by atoms with Gasteiger partial charge in [-0.25, -0.2) is 38.6 Å². The summed E-state index contributed by atoms with van der Waals surface area (Å²) in [5.74, 6) is 0.0589. The molecule has 0 unspecified atom stereocenters. The van der Waals surface area contributed by atoms with E-state index in [9.17, 15) is 28.8 Å². The first-order valence-electron chi connectivity index (χ1n) is 25.9. The molecular formula is C53H89N9O13. The fraction of sp³-hybridized carbons (Fsp3) is 0.736. The zero-order valence-electron chi connectivity index (χ0n) is 48.3. The minimum absolute atomic E-state index is 0.0122. The van der Waals surface area contributed by atoms with E-state index in [1.807, 2.05) is 26.8 Å². The van der Waals surface area contributed by atoms with Gasteiger partial charge in [-0.2, -0.15) is 0 Å². The minimum Gasteiger partial charge on any atom is -0.444 e. The molecule has 0 radical (unpaired) electrons. The molecular weight excluding hydrogens is 971 g/mol. The lowest BCUT2D eigenvalue weighted by Gasteiger charge is -2.34. The summed E-state index contributed by atoms with van der Waals surface area (Å²) in [6.45, 7) is 32.5. The number of unbranched alkanes of at least 4 members (excludes halogenated alkanes) is 5. The summed E-state index contributed by atoms with van der Waals surface area (Å²) in [5.41, 5.74) is -3.86. The largest absolute Gasteiger partial charge is 0.444 e. The standard InChI is InChI=1S/C53H89N9O13/c1-48(2,3)70-42(63)57-40(58-43(64)71-49(4,5)6)55-29-23-21-19-20-22-24-31-61(46(67)74-52(13,14)15)41(59-44(65)72-50(7,8)9)62(47(68)75-53(16,17)18)33-26-34-69-36-38-28-27-37(35-56-38)39-54-30-25-32-60(39)45(66)73-51(10,11)12/h27-28,35H,19-26,29-34,36H2,1-18H3,(H2,55,57,58,63,64)/b59-41+. The van der Waals surface area contributed by atoms with E-state index >= 15 is 0 Å². The predicted molar refractivity (Wildman–Crippen MR) is 286 cm³/mol. The highest BCUT2D eigenvalue weighted by molar-refractivity contribution is 6.07. The van der Waals surface area contributed by atoms with Gasteiger partial charge in [-0.15, -0.1) is 9.98 Å². The molecule has 0 saturated heterocycles. The number of hydrogen-bond acceptors (Lipinski definition) is 15. The van der Waals surface area contributed by atoms with Crippen LogP contribution in [0, 0.1) is 0 Å². The Bertz CT molecular complexity index is 2140. The minimum atomic E-state index is -1.03. The fourth-order valence-corrected chi connectivity index (χ4v) is 6.50. The van der Waals surface area contributed by atoms with Crippen LogP contribution in [0.3, 0.4) is 0 Å². The van der Waals surface area contributed by atoms with Crippen molar-refractivity contribution in [3.8, 4) is 0 Å². The maximum atomic E-state index is 14.2. The molecule has 75 heavy (non-hydrogen) atoms. The van der Waals surface area contributed by atoms with Gasteiger partial charge in [0.05, 0.1) is 12.3 Å². The third kappa shape index (κ3) is 29.0. The van der Waals surface area contributed by atoms with Crippen molar-refractivity contribution < 1.29 is 61.9 Å². The SMILES string of the molecule is CC(C)(C)OC(=O)/N=C(\NCCCCCCCCN(C(=O)OC(C)(C)C)/C(=N\C(=O)OC(C)(C)C)N(CCCOCc1ccc(C2=NCCCN2C(=O)OC(C)(C)C)cn1)C(=O)OC(C)(C)C)NC(=O)OC(C)(C)C. The average Bonchev–Trinajstić information content (AvgIpc) is 3.21. The number of aromatic nitrogens is 1. The van der Waals surface area contributed by atoms with Gasteiger partial charge in [-0.3, -0.25) is 20.2 Å². The molecule has 6 amide bonds. The van der Waals surface area contributed by atoms with Crippen molar-refractivity contribution in [2.45, 2.75) is 216 Å². The van der Waals surface area contributed by atoms with Gasteiger partial charge in [0, 0.05) is 51.1 Å². The van der Waals surface area contributed by atoms with Crippen LogP contribution in [0.2, 0.25) is 0 Å². The molecule has 0 bridgehead atoms. The molecule has 22 nitrogen and oxygen atoms in total. The lowest BCUT2D eigenvalue weighted by atomic mass is 10.1. The molecule has 1 aliphatic heterocycles. The average molecular weight is 1060 g/mol. The van der Waals surface area contributed by atoms with Gasteiger partial charge in [0.15, 0.2) is 0 Å². The van der Waals surface area contributed by atoms with E-state index in [0.717, 1.165) is 24.2 Å². The van der Waals surface area contributed by atoms with Crippen molar-refractivity contribution in [2.75, 3.05) is 39.3 Å². The van der Waals surface area contributed by atoms with Crippen LogP contribution < -0.4 is 10.6 Å². The molecule has 2 N–H and O–H groups in total. The summed E-state index contributed by atoms with van der Waals surface area (Å²) in [4.78, 5) is 101. The smallest absolute Gasteiger partial charge is 0.437 e. The van der Waals surface area contributed by atoms with E-state index in [2.05, 4.69) is 30.6 Å². The number of rotatable bonds is 16. The van der Waals surface area contributed by atoms with Crippen molar-refractivity contribution in [1.29, 1.82) is 0 Å². The van der Waals surface area contributed by atoms with E-state index in [0.29, 0.717) is 62.4 Å². The second kappa shape index (κ2) is 28.7. The van der Waals surface area contributed by atoms with Crippen LogP contribution in [-0.4, -0.2) is 147 Å². The summed E-state index contributed by atoms with van der Waals surface area (Å²) in [7, 11) is 0. The predicted octanol–water partition coefficient (Wildman–Crippen LogP) is 10.9. The molecule has 1 aromatic rings. The number of carbonyl (C=O) groups excluding carboxylic acids is 6. The van der Waals surface area contributed by atoms with Crippen molar-refractivity contribution in [3.05, 3.63) is 29.6 Å². The van der Waals surface area contributed by atoms with Gasteiger partial charge in [0.25, 0.3) is 0 Å². The normalized spacial score (nSPS) is 14.0. The lowest BCUT2D eigenvalue weighted by molar-refractivity contribution is 0.0256. The molecule has 0 spiro atoms. The number of pyridine rings is 1. The first kappa shape index (κ1) is 65.1. The molecule has 2 heterocycles. The van der Waals surface area contributed by atoms with E-state index in [4.69, 9.17) is 33.2 Å². The van der Waals surface area contributed by atoms with E-state index < -0.39 is 70.2 Å². The number of alkyl carbamates (subject to hydrolysis) is 1. The van der Waals surface area contributed by atoms with Crippen molar-refractivity contribution in [1.82, 2.24) is 30.3 Å². The Hall–Kier alpha value is -6.06. The van der Waals surface area contributed by atoms with E-state index in [-0.39, 0.29) is 44.6 Å². The Labute approximate surface area is 445 Å². The van der Waals surface area contributed by atoms with Crippen LogP contribution in [0.1, 0.15) is 187 Å². The summed E-state index contributed by atoms with van der Waals surface area (Å²) in [6.07, 6.45) is 1.72. The third-order valence-corrected chi connectivity index (χ3v) is 9.29. The fourth-order valence-electron chi connectivity index (χ4n) is 6.50. The Kier molecular flexibility index (Phi) is 24.9. The zero-order valence-corrected chi connectivity index (χ0v) is 48.3. The van der Waals surface area contributed by atoms with E-state index in [1.54, 1.807) is 116 Å². The van der Waals surface area contributed by atoms with Crippen molar-refractivity contribution in [2.24, 2.45) is 15.0 Å². The zero-order chi connectivity index (χ0) is 57.0. The number of hydrogen-bond donors (Lipinski definition) is 2. The number of aliphatic imine (C=N–C) groups is 3. The first-order chi connectivity index (χ1) is 34.4. The Balaban J connectivity index is 2.27.